The summed E-state index contributed by atoms with van der Waals surface area (Å²) in [5, 5.41) is 21.7. The van der Waals surface area contributed by atoms with Crippen LogP contribution >= 0.6 is 0 Å². The van der Waals surface area contributed by atoms with Crippen molar-refractivity contribution >= 4 is 11.6 Å². The summed E-state index contributed by atoms with van der Waals surface area (Å²) < 4.78 is 22.5. The zero-order chi connectivity index (χ0) is 44.8. The van der Waals surface area contributed by atoms with Crippen LogP contribution in [0, 0.1) is 64.1 Å². The normalized spacial score (nSPS) is 36.8. The molecule has 0 bridgehead atoms. The lowest BCUT2D eigenvalue weighted by Crippen LogP contribution is -2.51. The summed E-state index contributed by atoms with van der Waals surface area (Å²) in [5.74, 6) is 18.4. The Bertz CT molecular complexity index is 2630. The molecule has 2 aromatic carbocycles. The lowest BCUT2D eigenvalue weighted by atomic mass is 9.51. The molecule has 65 heavy (non-hydrogen) atoms. The van der Waals surface area contributed by atoms with Crippen LogP contribution < -0.4 is 18.9 Å². The van der Waals surface area contributed by atoms with E-state index in [1.54, 1.807) is 0 Å². The lowest BCUT2D eigenvalue weighted by Gasteiger charge is -2.53. The average molecular weight is 877 g/mol. The number of benzene rings is 2. The zero-order valence-corrected chi connectivity index (χ0v) is 38.1. The number of hydrogen-bond acceptors (Lipinski definition) is 9. The third-order valence-electron chi connectivity index (χ3n) is 18.0. The van der Waals surface area contributed by atoms with Gasteiger partial charge < -0.3 is 24.1 Å². The molecule has 0 saturated heterocycles. The number of hydrogen-bond donors (Lipinski definition) is 2. The third-order valence-corrected chi connectivity index (χ3v) is 18.0. The number of ketones is 2. The van der Waals surface area contributed by atoms with E-state index in [1.807, 2.05) is 38.1 Å². The van der Waals surface area contributed by atoms with Gasteiger partial charge >= 0.3 is 0 Å². The highest BCUT2D eigenvalue weighted by Crippen LogP contribution is 2.68. The first-order chi connectivity index (χ1) is 31.5. The van der Waals surface area contributed by atoms with Crippen molar-refractivity contribution in [2.75, 3.05) is 13.6 Å². The molecule has 1 unspecified atom stereocenters. The highest BCUT2D eigenvalue weighted by molar-refractivity contribution is 5.93. The molecule has 2 aliphatic heterocycles. The van der Waals surface area contributed by atoms with Gasteiger partial charge in [-0.1, -0.05) is 49.0 Å². The van der Waals surface area contributed by atoms with Crippen LogP contribution in [0.1, 0.15) is 134 Å². The molecule has 9 nitrogen and oxygen atoms in total. The monoisotopic (exact) mass is 876 g/mol. The van der Waals surface area contributed by atoms with Crippen LogP contribution in [0.5, 0.6) is 23.0 Å². The Balaban J connectivity index is 0.000000144. The molecule has 0 amide bonds. The Kier molecular flexibility index (Phi) is 10.5. The van der Waals surface area contributed by atoms with Crippen molar-refractivity contribution in [3.63, 3.8) is 0 Å². The molecule has 0 aromatic heterocycles. The minimum Gasteiger partial charge on any atom is -0.454 e. The second kappa shape index (κ2) is 16.1. The van der Waals surface area contributed by atoms with E-state index >= 15 is 0 Å². The van der Waals surface area contributed by atoms with Crippen LogP contribution in [0.15, 0.2) is 82.0 Å². The van der Waals surface area contributed by atoms with Gasteiger partial charge in [0.25, 0.3) is 0 Å². The van der Waals surface area contributed by atoms with Crippen molar-refractivity contribution in [2.45, 2.75) is 135 Å². The number of fused-ring (bicyclic) bond motifs is 10. The van der Waals surface area contributed by atoms with Crippen LogP contribution in [0.2, 0.25) is 0 Å². The van der Waals surface area contributed by atoms with Gasteiger partial charge in [-0.25, -0.2) is 4.89 Å². The van der Waals surface area contributed by atoms with Gasteiger partial charge in [0, 0.05) is 35.5 Å². The van der Waals surface area contributed by atoms with Gasteiger partial charge in [-0.3, -0.25) is 14.8 Å². The van der Waals surface area contributed by atoms with Crippen LogP contribution in [0.3, 0.4) is 0 Å². The maximum atomic E-state index is 12.2. The zero-order valence-electron chi connectivity index (χ0n) is 38.1. The van der Waals surface area contributed by atoms with Crippen molar-refractivity contribution in [1.29, 1.82) is 0 Å². The summed E-state index contributed by atoms with van der Waals surface area (Å²) in [6.45, 7) is 8.77. The first kappa shape index (κ1) is 42.6. The highest BCUT2D eigenvalue weighted by Gasteiger charge is 2.63. The highest BCUT2D eigenvalue weighted by atomic mass is 17.1. The van der Waals surface area contributed by atoms with E-state index in [4.69, 9.17) is 23.8 Å². The van der Waals surface area contributed by atoms with Gasteiger partial charge in [0.05, 0.1) is 5.92 Å². The summed E-state index contributed by atoms with van der Waals surface area (Å²) in [4.78, 5) is 29.6. The van der Waals surface area contributed by atoms with Gasteiger partial charge in [0.15, 0.2) is 34.6 Å². The van der Waals surface area contributed by atoms with Gasteiger partial charge in [0.2, 0.25) is 13.6 Å². The number of allylic oxidation sites excluding steroid dienone is 8. The van der Waals surface area contributed by atoms with Gasteiger partial charge in [0.1, 0.15) is 11.7 Å². The standard InChI is InChI=1S/C28H30O5.C28H30O4/c1-3-4-18-12-23-21-8-5-16-11-19(29)7-9-20(16)26(21)22(14-28(23,2)27(18)33-30)17-6-10-24-25(13-17)32-15-31-24;1-3-11-28(30)12-10-23-21-7-4-17-13-19(29)6-8-20(17)26(21)22(15-27(23,28)2)18-5-9-24-25(14-18)32-16-31-24/h6,10-11,13,18,21-23,27,30H,5,7-9,12,14-15H2,1-2H3;5,9,13-14,21-23,30H,4,6-8,10,12,15-16H2,1-2H3/t18?,21-,22+,23-,27-,28-;21-,22+,23-,27-,28-/m00/s1. The fourth-order valence-corrected chi connectivity index (χ4v) is 15.1. The van der Waals surface area contributed by atoms with Crippen molar-refractivity contribution < 1.29 is 43.8 Å². The van der Waals surface area contributed by atoms with Crippen LogP contribution in [-0.2, 0) is 14.5 Å². The predicted octanol–water partition coefficient (Wildman–Crippen LogP) is 10.5. The number of carbonyl (C=O) groups is 2. The van der Waals surface area contributed by atoms with E-state index in [9.17, 15) is 20.0 Å². The number of ether oxygens (including phenoxy) is 4. The minimum absolute atomic E-state index is 0.0293. The largest absolute Gasteiger partial charge is 0.454 e. The van der Waals surface area contributed by atoms with Crippen LogP contribution in [0.25, 0.3) is 0 Å². The second-order valence-electron chi connectivity index (χ2n) is 20.8. The SMILES string of the molecule is CC#CC1C[C@H]2[C@@H]3CCC4=CC(=O)CCC4=C3[C@@H](c3ccc4c(c3)OCO4)C[C@]2(C)[C@H]1OO.CC#C[C@]1(O)CC[C@H]2[C@@H]3CCC4=CC(=O)CCC4=C3[C@@H](c3ccc4c(c3)OCO4)C[C@@]21C. The fourth-order valence-electron chi connectivity index (χ4n) is 15.1. The van der Waals surface area contributed by atoms with Crippen LogP contribution in [-0.4, -0.2) is 47.2 Å². The number of carbonyl (C=O) groups excluding carboxylic acids is 2. The van der Waals surface area contributed by atoms with Crippen LogP contribution in [0.4, 0.5) is 0 Å². The summed E-state index contributed by atoms with van der Waals surface area (Å²) in [6.07, 6.45) is 14.8. The van der Waals surface area contributed by atoms with E-state index < -0.39 is 5.60 Å². The van der Waals surface area contributed by atoms with E-state index in [0.29, 0.717) is 36.5 Å². The van der Waals surface area contributed by atoms with Crippen molar-refractivity contribution in [1.82, 2.24) is 0 Å². The minimum atomic E-state index is -0.949. The van der Waals surface area contributed by atoms with Gasteiger partial charge in [-0.15, -0.1) is 11.8 Å². The van der Waals surface area contributed by atoms with Crippen molar-refractivity contribution in [3.05, 3.63) is 93.1 Å². The molecular formula is C56H60O9. The fraction of sp³-hybridized carbons (Fsp3) is 0.536. The molecule has 12 rings (SSSR count). The summed E-state index contributed by atoms with van der Waals surface area (Å²) in [6, 6.07) is 12.6. The summed E-state index contributed by atoms with van der Waals surface area (Å²) >= 11 is 0. The quantitative estimate of drug-likeness (QED) is 0.176. The van der Waals surface area contributed by atoms with Gasteiger partial charge in [-0.2, -0.15) is 0 Å². The molecule has 0 spiro atoms. The third kappa shape index (κ3) is 6.70. The maximum absolute atomic E-state index is 12.2. The predicted molar refractivity (Wildman–Crippen MR) is 244 cm³/mol. The molecule has 0 radical (unpaired) electrons. The number of rotatable bonds is 3. The number of aliphatic hydroxyl groups is 1. The van der Waals surface area contributed by atoms with E-state index in [1.165, 1.54) is 44.6 Å². The molecule has 2 N–H and O–H groups in total. The molecule has 2 heterocycles. The smallest absolute Gasteiger partial charge is 0.231 e. The van der Waals surface area contributed by atoms with E-state index in [2.05, 4.69) is 61.8 Å². The molecule has 4 fully saturated rings. The molecule has 9 heteroatoms. The first-order valence-electron chi connectivity index (χ1n) is 24.1. The average Bonchev–Trinajstić information content (AvgIpc) is 4.09. The second-order valence-corrected chi connectivity index (χ2v) is 20.8. The first-order valence-corrected chi connectivity index (χ1v) is 24.1. The Morgan fingerprint density at radius 1 is 0.677 bits per heavy atom. The molecular weight excluding hydrogens is 817 g/mol. The van der Waals surface area contributed by atoms with E-state index in [0.717, 1.165) is 93.6 Å². The van der Waals surface area contributed by atoms with Crippen molar-refractivity contribution in [2.24, 2.45) is 40.4 Å². The Morgan fingerprint density at radius 3 is 1.78 bits per heavy atom. The topological polar surface area (TPSA) is 121 Å². The molecule has 10 aliphatic rings. The van der Waals surface area contributed by atoms with Gasteiger partial charge in [-0.05, 0) is 178 Å². The Morgan fingerprint density at radius 2 is 1.23 bits per heavy atom. The van der Waals surface area contributed by atoms with E-state index in [-0.39, 0.29) is 59.8 Å². The lowest BCUT2D eigenvalue weighted by molar-refractivity contribution is -0.307. The van der Waals surface area contributed by atoms with Crippen molar-refractivity contribution in [3.8, 4) is 46.7 Å². The Labute approximate surface area is 382 Å². The molecule has 11 atom stereocenters. The molecule has 338 valence electrons. The Hall–Kier alpha value is -5.06. The molecule has 4 saturated carbocycles. The summed E-state index contributed by atoms with van der Waals surface area (Å²) in [5.41, 5.74) is 9.37. The summed E-state index contributed by atoms with van der Waals surface area (Å²) in [7, 11) is 0. The molecule has 2 aromatic rings. The molecule has 8 aliphatic carbocycles. The maximum Gasteiger partial charge on any atom is 0.231 e.